The zero-order chi connectivity index (χ0) is 23.4. The Morgan fingerprint density at radius 2 is 1.85 bits per heavy atom. The van der Waals surface area contributed by atoms with Gasteiger partial charge < -0.3 is 14.8 Å². The summed E-state index contributed by atoms with van der Waals surface area (Å²) in [6.07, 6.45) is 0. The van der Waals surface area contributed by atoms with Gasteiger partial charge in [-0.25, -0.2) is 8.42 Å². The van der Waals surface area contributed by atoms with Crippen LogP contribution in [0.5, 0.6) is 5.75 Å². The Labute approximate surface area is 198 Å². The van der Waals surface area contributed by atoms with Crippen molar-refractivity contribution in [1.82, 2.24) is 9.62 Å². The van der Waals surface area contributed by atoms with Gasteiger partial charge in [-0.3, -0.25) is 4.79 Å². The van der Waals surface area contributed by atoms with Gasteiger partial charge in [0.15, 0.2) is 0 Å². The zero-order valence-electron chi connectivity index (χ0n) is 18.5. The molecule has 0 unspecified atom stereocenters. The largest absolute Gasteiger partial charge is 0.497 e. The topological polar surface area (TPSA) is 84.9 Å². The fourth-order valence-corrected chi connectivity index (χ4v) is 6.48. The number of amides is 1. The molecule has 1 aliphatic rings. The predicted octanol–water partition coefficient (Wildman–Crippen LogP) is 3.94. The Balaban J connectivity index is 1.50. The Kier molecular flexibility index (Phi) is 7.14. The average Bonchev–Trinajstić information content (AvgIpc) is 3.36. The van der Waals surface area contributed by atoms with Crippen LogP contribution in [0.4, 0.5) is 0 Å². The normalized spacial score (nSPS) is 15.7. The van der Waals surface area contributed by atoms with E-state index < -0.39 is 10.0 Å². The van der Waals surface area contributed by atoms with E-state index in [1.807, 2.05) is 37.3 Å². The molecular formula is C24H26N2O5S2. The number of thiophene rings is 1. The molecule has 3 aromatic rings. The molecule has 4 rings (SSSR count). The summed E-state index contributed by atoms with van der Waals surface area (Å²) in [6, 6.07) is 18.0. The highest BCUT2D eigenvalue weighted by atomic mass is 32.2. The number of methoxy groups -OCH3 is 1. The Morgan fingerprint density at radius 3 is 2.61 bits per heavy atom. The van der Waals surface area contributed by atoms with E-state index in [1.54, 1.807) is 37.4 Å². The number of benzene rings is 2. The number of carbonyl (C=O) groups excluding carboxylic acids is 1. The summed E-state index contributed by atoms with van der Waals surface area (Å²) in [6.45, 7) is 3.44. The Bertz CT molecular complexity index is 1230. The summed E-state index contributed by atoms with van der Waals surface area (Å²) in [4.78, 5) is 13.7. The molecule has 0 spiro atoms. The lowest BCUT2D eigenvalue weighted by Gasteiger charge is -2.25. The van der Waals surface area contributed by atoms with Crippen molar-refractivity contribution in [3.8, 4) is 16.2 Å². The zero-order valence-corrected chi connectivity index (χ0v) is 20.1. The van der Waals surface area contributed by atoms with E-state index in [2.05, 4.69) is 5.32 Å². The van der Waals surface area contributed by atoms with Crippen LogP contribution in [0.2, 0.25) is 0 Å². The van der Waals surface area contributed by atoms with Gasteiger partial charge in [0.2, 0.25) is 0 Å². The standard InChI is InChI=1S/C24H26N2O5S2/c1-17(18-5-4-8-21(16-18)30-2)25-24(27)20-7-3-6-19(15-20)22-9-10-23(32-22)33(28,29)26-11-13-31-14-12-26/h3-10,15-17H,11-14H2,1-2H3,(H,25,27)/t17-/m1/s1. The molecule has 0 radical (unpaired) electrons. The van der Waals surface area contributed by atoms with Gasteiger partial charge in [-0.15, -0.1) is 11.3 Å². The second-order valence-electron chi connectivity index (χ2n) is 7.69. The van der Waals surface area contributed by atoms with Crippen molar-refractivity contribution in [3.63, 3.8) is 0 Å². The van der Waals surface area contributed by atoms with Gasteiger partial charge >= 0.3 is 0 Å². The lowest BCUT2D eigenvalue weighted by molar-refractivity contribution is 0.0731. The van der Waals surface area contributed by atoms with E-state index >= 15 is 0 Å². The number of hydrogen-bond donors (Lipinski definition) is 1. The first-order chi connectivity index (χ1) is 15.9. The predicted molar refractivity (Wildman–Crippen MR) is 128 cm³/mol. The number of carbonyl (C=O) groups is 1. The van der Waals surface area contributed by atoms with Crippen LogP contribution in [0.15, 0.2) is 64.9 Å². The highest BCUT2D eigenvalue weighted by Crippen LogP contribution is 2.33. The van der Waals surface area contributed by atoms with Crippen molar-refractivity contribution in [2.75, 3.05) is 33.4 Å². The third-order valence-electron chi connectivity index (χ3n) is 5.50. The van der Waals surface area contributed by atoms with Crippen LogP contribution in [0, 0.1) is 0 Å². The van der Waals surface area contributed by atoms with E-state index in [0.717, 1.165) is 21.8 Å². The lowest BCUT2D eigenvalue weighted by atomic mass is 10.1. The summed E-state index contributed by atoms with van der Waals surface area (Å²) < 4.78 is 38.1. The van der Waals surface area contributed by atoms with Crippen LogP contribution in [-0.4, -0.2) is 52.0 Å². The van der Waals surface area contributed by atoms with Crippen molar-refractivity contribution < 1.29 is 22.7 Å². The van der Waals surface area contributed by atoms with Crippen LogP contribution in [-0.2, 0) is 14.8 Å². The van der Waals surface area contributed by atoms with Gasteiger partial charge in [-0.2, -0.15) is 4.31 Å². The smallest absolute Gasteiger partial charge is 0.252 e. The highest BCUT2D eigenvalue weighted by molar-refractivity contribution is 7.91. The van der Waals surface area contributed by atoms with Gasteiger partial charge in [0.05, 0.1) is 26.4 Å². The molecule has 1 amide bonds. The second kappa shape index (κ2) is 10.0. The van der Waals surface area contributed by atoms with Crippen LogP contribution >= 0.6 is 11.3 Å². The molecule has 174 valence electrons. The first kappa shape index (κ1) is 23.4. The molecule has 0 bridgehead atoms. The van der Waals surface area contributed by atoms with Crippen molar-refractivity contribution in [2.45, 2.75) is 17.2 Å². The molecule has 1 aromatic heterocycles. The highest BCUT2D eigenvalue weighted by Gasteiger charge is 2.28. The molecule has 0 aliphatic carbocycles. The van der Waals surface area contributed by atoms with Crippen molar-refractivity contribution in [1.29, 1.82) is 0 Å². The maximum absolute atomic E-state index is 12.9. The van der Waals surface area contributed by atoms with Gasteiger partial charge in [-0.05, 0) is 54.4 Å². The summed E-state index contributed by atoms with van der Waals surface area (Å²) in [5.41, 5.74) is 2.24. The average molecular weight is 487 g/mol. The number of nitrogens with one attached hydrogen (secondary N) is 1. The summed E-state index contributed by atoms with van der Waals surface area (Å²) >= 11 is 1.21. The molecule has 7 nitrogen and oxygen atoms in total. The fourth-order valence-electron chi connectivity index (χ4n) is 3.62. The molecule has 9 heteroatoms. The lowest BCUT2D eigenvalue weighted by Crippen LogP contribution is -2.40. The Morgan fingerprint density at radius 1 is 1.09 bits per heavy atom. The molecule has 1 atom stereocenters. The monoisotopic (exact) mass is 486 g/mol. The Hall–Kier alpha value is -2.72. The van der Waals surface area contributed by atoms with Crippen molar-refractivity contribution >= 4 is 27.3 Å². The van der Waals surface area contributed by atoms with E-state index in [1.165, 1.54) is 15.6 Å². The molecule has 1 fully saturated rings. The molecular weight excluding hydrogens is 460 g/mol. The van der Waals surface area contributed by atoms with Gasteiger partial charge in [0.1, 0.15) is 9.96 Å². The first-order valence-electron chi connectivity index (χ1n) is 10.6. The minimum absolute atomic E-state index is 0.204. The fraction of sp³-hybridized carbons (Fsp3) is 0.292. The van der Waals surface area contributed by atoms with Crippen molar-refractivity contribution in [2.24, 2.45) is 0 Å². The maximum atomic E-state index is 12.9. The number of sulfonamides is 1. The van der Waals surface area contributed by atoms with E-state index in [0.29, 0.717) is 36.1 Å². The van der Waals surface area contributed by atoms with Crippen LogP contribution in [0.1, 0.15) is 28.9 Å². The van der Waals surface area contributed by atoms with Gasteiger partial charge in [-0.1, -0.05) is 24.3 Å². The van der Waals surface area contributed by atoms with E-state index in [9.17, 15) is 13.2 Å². The molecule has 0 saturated carbocycles. The number of morpholine rings is 1. The van der Waals surface area contributed by atoms with Crippen LogP contribution < -0.4 is 10.1 Å². The number of hydrogen-bond acceptors (Lipinski definition) is 6. The second-order valence-corrected chi connectivity index (χ2v) is 10.9. The van der Waals surface area contributed by atoms with Crippen LogP contribution in [0.25, 0.3) is 10.4 Å². The molecule has 1 saturated heterocycles. The third kappa shape index (κ3) is 5.27. The summed E-state index contributed by atoms with van der Waals surface area (Å²) in [5.74, 6) is 0.529. The third-order valence-corrected chi connectivity index (χ3v) is 9.00. The molecule has 1 aliphatic heterocycles. The number of rotatable bonds is 7. The summed E-state index contributed by atoms with van der Waals surface area (Å²) in [7, 11) is -1.94. The van der Waals surface area contributed by atoms with E-state index in [4.69, 9.17) is 9.47 Å². The molecule has 2 aromatic carbocycles. The quantitative estimate of drug-likeness (QED) is 0.547. The number of ether oxygens (including phenoxy) is 2. The molecule has 1 N–H and O–H groups in total. The van der Waals surface area contributed by atoms with Crippen LogP contribution in [0.3, 0.4) is 0 Å². The first-order valence-corrected chi connectivity index (χ1v) is 12.9. The van der Waals surface area contributed by atoms with Gasteiger partial charge in [0.25, 0.3) is 15.9 Å². The molecule has 33 heavy (non-hydrogen) atoms. The van der Waals surface area contributed by atoms with E-state index in [-0.39, 0.29) is 11.9 Å². The molecule has 2 heterocycles. The number of nitrogens with zero attached hydrogens (tertiary/aromatic N) is 1. The SMILES string of the molecule is COc1cccc([C@@H](C)NC(=O)c2cccc(-c3ccc(S(=O)(=O)N4CCOCC4)s3)c2)c1. The van der Waals surface area contributed by atoms with Gasteiger partial charge in [0, 0.05) is 23.5 Å². The maximum Gasteiger partial charge on any atom is 0.252 e. The minimum Gasteiger partial charge on any atom is -0.497 e. The van der Waals surface area contributed by atoms with Crippen molar-refractivity contribution in [3.05, 3.63) is 71.8 Å². The minimum atomic E-state index is -3.55. The summed E-state index contributed by atoms with van der Waals surface area (Å²) in [5, 5.41) is 3.01.